The Kier molecular flexibility index (Phi) is 6.21. The number of aromatic nitrogens is 3. The largest absolute Gasteiger partial charge is 0.461 e. The normalized spacial score (nSPS) is 24.3. The van der Waals surface area contributed by atoms with Crippen molar-refractivity contribution in [2.24, 2.45) is 0 Å². The minimum absolute atomic E-state index is 0.0360. The molecule has 218 valence electrons. The lowest BCUT2D eigenvalue weighted by Gasteiger charge is -2.47. The van der Waals surface area contributed by atoms with Gasteiger partial charge in [0.25, 0.3) is 0 Å². The number of halogens is 1. The van der Waals surface area contributed by atoms with Crippen molar-refractivity contribution < 1.29 is 13.9 Å². The van der Waals surface area contributed by atoms with E-state index in [2.05, 4.69) is 21.4 Å². The summed E-state index contributed by atoms with van der Waals surface area (Å²) in [6, 6.07) is 4.04. The Morgan fingerprint density at radius 1 is 1.05 bits per heavy atom. The first kappa shape index (κ1) is 26.1. The highest BCUT2D eigenvalue weighted by atomic mass is 19.1. The number of carbonyl (C=O) groups excluding carboxylic acids is 1. The lowest BCUT2D eigenvalue weighted by molar-refractivity contribution is -0.127. The second-order valence-electron chi connectivity index (χ2n) is 12.7. The van der Waals surface area contributed by atoms with Crippen LogP contribution in [0.3, 0.4) is 0 Å². The molecule has 3 aromatic rings. The van der Waals surface area contributed by atoms with Crippen LogP contribution < -0.4 is 9.64 Å². The van der Waals surface area contributed by atoms with E-state index in [9.17, 15) is 4.79 Å². The van der Waals surface area contributed by atoms with Crippen molar-refractivity contribution >= 4 is 22.6 Å². The van der Waals surface area contributed by atoms with Crippen LogP contribution in [0.1, 0.15) is 56.1 Å². The van der Waals surface area contributed by atoms with E-state index < -0.39 is 0 Å². The molecule has 4 aliphatic heterocycles. The van der Waals surface area contributed by atoms with Gasteiger partial charge in [0.15, 0.2) is 0 Å². The average Bonchev–Trinajstić information content (AvgIpc) is 3.68. The van der Waals surface area contributed by atoms with Gasteiger partial charge in [-0.05, 0) is 100 Å². The first-order valence-corrected chi connectivity index (χ1v) is 15.6. The monoisotopic (exact) mass is 568 g/mol. The molecule has 42 heavy (non-hydrogen) atoms. The standard InChI is InChI=1S/C33H37FN6O2/c1-2-30(41)39-14-9-28-29(39)19-40(28)31-24-15-26(34)23(25-18-35-17-21-7-3-4-8-22(21)25)16-27(24)36-32(37-31)42-20-33-10-5-12-38(33)13-6-11-33/h2,15-18,28-29H,1,3-14,19-20H2/t28-,29+/m0/s1. The van der Waals surface area contributed by atoms with Gasteiger partial charge in [-0.1, -0.05) is 6.58 Å². The second kappa shape index (κ2) is 10.0. The van der Waals surface area contributed by atoms with Crippen molar-refractivity contribution in [3.05, 3.63) is 54.1 Å². The van der Waals surface area contributed by atoms with Crippen LogP contribution in [-0.4, -0.2) is 81.1 Å². The van der Waals surface area contributed by atoms with Gasteiger partial charge >= 0.3 is 6.01 Å². The fourth-order valence-electron chi connectivity index (χ4n) is 8.41. The number of aryl methyl sites for hydroxylation is 1. The molecule has 0 spiro atoms. The molecule has 1 amide bonds. The lowest BCUT2D eigenvalue weighted by Crippen LogP contribution is -2.63. The molecule has 6 heterocycles. The van der Waals surface area contributed by atoms with Gasteiger partial charge in [0.1, 0.15) is 18.2 Å². The van der Waals surface area contributed by atoms with Crippen LogP contribution >= 0.6 is 0 Å². The minimum atomic E-state index is -0.291. The number of likely N-dealkylation sites (tertiary alicyclic amines) is 1. The van der Waals surface area contributed by atoms with Crippen LogP contribution in [0.2, 0.25) is 0 Å². The highest BCUT2D eigenvalue weighted by molar-refractivity contribution is 5.94. The Labute approximate surface area is 245 Å². The van der Waals surface area contributed by atoms with E-state index in [1.54, 1.807) is 12.3 Å². The summed E-state index contributed by atoms with van der Waals surface area (Å²) in [6.45, 7) is 7.82. The maximum Gasteiger partial charge on any atom is 0.319 e. The summed E-state index contributed by atoms with van der Waals surface area (Å²) < 4.78 is 22.5. The van der Waals surface area contributed by atoms with Crippen molar-refractivity contribution in [1.29, 1.82) is 0 Å². The first-order valence-electron chi connectivity index (χ1n) is 15.6. The molecule has 4 fully saturated rings. The maximum absolute atomic E-state index is 16.0. The molecule has 0 N–H and O–H groups in total. The number of ether oxygens (including phenoxy) is 1. The molecule has 5 aliphatic rings. The van der Waals surface area contributed by atoms with Gasteiger partial charge in [0.2, 0.25) is 5.91 Å². The van der Waals surface area contributed by atoms with E-state index in [0.29, 0.717) is 48.0 Å². The molecule has 9 heteroatoms. The zero-order valence-electron chi connectivity index (χ0n) is 24.0. The molecular formula is C33H37FN6O2. The summed E-state index contributed by atoms with van der Waals surface area (Å²) in [6.07, 6.45) is 14.8. The van der Waals surface area contributed by atoms with E-state index in [1.165, 1.54) is 30.0 Å². The van der Waals surface area contributed by atoms with E-state index in [0.717, 1.165) is 63.6 Å². The smallest absolute Gasteiger partial charge is 0.319 e. The number of nitrogens with zero attached hydrogens (tertiary/aromatic N) is 6. The van der Waals surface area contributed by atoms with Gasteiger partial charge in [-0.3, -0.25) is 14.7 Å². The molecule has 1 aromatic carbocycles. The van der Waals surface area contributed by atoms with Gasteiger partial charge in [0.05, 0.1) is 23.1 Å². The zero-order chi connectivity index (χ0) is 28.4. The molecule has 2 aromatic heterocycles. The third kappa shape index (κ3) is 4.03. The summed E-state index contributed by atoms with van der Waals surface area (Å²) in [5, 5.41) is 0.676. The molecule has 2 atom stereocenters. The Morgan fingerprint density at radius 3 is 2.71 bits per heavy atom. The fourth-order valence-corrected chi connectivity index (χ4v) is 8.41. The van der Waals surface area contributed by atoms with E-state index in [4.69, 9.17) is 14.7 Å². The molecule has 0 saturated carbocycles. The summed E-state index contributed by atoms with van der Waals surface area (Å²) in [5.41, 5.74) is 4.55. The summed E-state index contributed by atoms with van der Waals surface area (Å²) >= 11 is 0. The predicted molar refractivity (Wildman–Crippen MR) is 159 cm³/mol. The van der Waals surface area contributed by atoms with Crippen LogP contribution in [0, 0.1) is 5.82 Å². The molecular weight excluding hydrogens is 531 g/mol. The Balaban J connectivity index is 1.19. The third-order valence-electron chi connectivity index (χ3n) is 10.6. The summed E-state index contributed by atoms with van der Waals surface area (Å²) in [4.78, 5) is 33.4. The average molecular weight is 569 g/mol. The van der Waals surface area contributed by atoms with Crippen molar-refractivity contribution in [2.75, 3.05) is 37.7 Å². The minimum Gasteiger partial charge on any atom is -0.461 e. The Hall–Kier alpha value is -3.59. The molecule has 1 aliphatic carbocycles. The number of carbonyl (C=O) groups is 1. The molecule has 8 nitrogen and oxygen atoms in total. The topological polar surface area (TPSA) is 74.7 Å². The number of benzene rings is 1. The third-order valence-corrected chi connectivity index (χ3v) is 10.6. The van der Waals surface area contributed by atoms with E-state index >= 15 is 4.39 Å². The Bertz CT molecular complexity index is 1580. The maximum atomic E-state index is 16.0. The number of amides is 1. The fraction of sp³-hybridized carbons (Fsp3) is 0.515. The lowest BCUT2D eigenvalue weighted by atomic mass is 9.87. The SMILES string of the molecule is C=CC(=O)N1CC[C@H]2[C@H]1CN2c1nc(OCC23CCCN2CCC3)nc2cc(-c3cncc4c3CCCC4)c(F)cc12. The summed E-state index contributed by atoms with van der Waals surface area (Å²) in [7, 11) is 0. The molecule has 4 saturated heterocycles. The highest BCUT2D eigenvalue weighted by Gasteiger charge is 2.49. The number of hydrogen-bond acceptors (Lipinski definition) is 7. The van der Waals surface area contributed by atoms with Crippen LogP contribution in [0.25, 0.3) is 22.0 Å². The number of anilines is 1. The summed E-state index contributed by atoms with van der Waals surface area (Å²) in [5.74, 6) is 0.362. The van der Waals surface area contributed by atoms with Crippen LogP contribution in [0.4, 0.5) is 10.2 Å². The van der Waals surface area contributed by atoms with Crippen molar-refractivity contribution in [3.8, 4) is 17.1 Å². The van der Waals surface area contributed by atoms with Gasteiger partial charge in [0, 0.05) is 42.0 Å². The quantitative estimate of drug-likeness (QED) is 0.400. The molecule has 0 unspecified atom stereocenters. The molecule has 0 bridgehead atoms. The highest BCUT2D eigenvalue weighted by Crippen LogP contribution is 2.42. The van der Waals surface area contributed by atoms with Gasteiger partial charge < -0.3 is 14.5 Å². The number of fused-ring (bicyclic) bond motifs is 4. The van der Waals surface area contributed by atoms with Gasteiger partial charge in [-0.2, -0.15) is 9.97 Å². The van der Waals surface area contributed by atoms with Gasteiger partial charge in [-0.25, -0.2) is 4.39 Å². The zero-order valence-corrected chi connectivity index (χ0v) is 24.0. The first-order chi connectivity index (χ1) is 20.5. The Morgan fingerprint density at radius 2 is 1.88 bits per heavy atom. The van der Waals surface area contributed by atoms with E-state index in [-0.39, 0.29) is 29.3 Å². The van der Waals surface area contributed by atoms with E-state index in [1.807, 2.05) is 17.2 Å². The van der Waals surface area contributed by atoms with Crippen molar-refractivity contribution in [2.45, 2.75) is 75.4 Å². The van der Waals surface area contributed by atoms with Crippen molar-refractivity contribution in [3.63, 3.8) is 0 Å². The second-order valence-corrected chi connectivity index (χ2v) is 12.7. The van der Waals surface area contributed by atoms with Crippen LogP contribution in [0.5, 0.6) is 6.01 Å². The van der Waals surface area contributed by atoms with Crippen LogP contribution in [-0.2, 0) is 17.6 Å². The number of pyridine rings is 1. The van der Waals surface area contributed by atoms with Crippen molar-refractivity contribution in [1.82, 2.24) is 24.8 Å². The van der Waals surface area contributed by atoms with Crippen LogP contribution in [0.15, 0.2) is 37.2 Å². The number of hydrogen-bond donors (Lipinski definition) is 0. The predicted octanol–water partition coefficient (Wildman–Crippen LogP) is 4.69. The molecule has 0 radical (unpaired) electrons. The molecule has 8 rings (SSSR count). The number of rotatable bonds is 6. The van der Waals surface area contributed by atoms with Gasteiger partial charge in [-0.15, -0.1) is 0 Å².